The van der Waals surface area contributed by atoms with Gasteiger partial charge in [-0.1, -0.05) is 0 Å². The van der Waals surface area contributed by atoms with Crippen molar-refractivity contribution in [2.75, 3.05) is 7.11 Å². The number of nitrogen functional groups attached to an aromatic ring is 1. The Morgan fingerprint density at radius 1 is 1.50 bits per heavy atom. The minimum atomic E-state index is -0.0632. The molecule has 0 atom stereocenters. The summed E-state index contributed by atoms with van der Waals surface area (Å²) >= 11 is 0. The average molecular weight is 218 g/mol. The third-order valence-corrected chi connectivity index (χ3v) is 2.09. The second kappa shape index (κ2) is 3.97. The van der Waals surface area contributed by atoms with Crippen LogP contribution in [0.3, 0.4) is 0 Å². The van der Waals surface area contributed by atoms with E-state index in [4.69, 9.17) is 15.9 Å². The van der Waals surface area contributed by atoms with E-state index in [2.05, 4.69) is 15.5 Å². The standard InChI is InChI=1S/C9H10N6O/c1-16-8-3-2-6(4-7(8)9(10)11)15-5-12-13-14-15/h2-5H,1H3,(H3,10,11). The van der Waals surface area contributed by atoms with Crippen LogP contribution in [0.1, 0.15) is 5.56 Å². The molecule has 0 fully saturated rings. The number of nitrogens with one attached hydrogen (secondary N) is 1. The molecule has 7 heteroatoms. The SMILES string of the molecule is COc1ccc(-n2cnnn2)cc1C(=N)N. The number of methoxy groups -OCH3 is 1. The number of nitrogens with zero attached hydrogens (tertiary/aromatic N) is 4. The van der Waals surface area contributed by atoms with Gasteiger partial charge in [0.25, 0.3) is 0 Å². The van der Waals surface area contributed by atoms with Gasteiger partial charge in [-0.15, -0.1) is 5.10 Å². The van der Waals surface area contributed by atoms with Gasteiger partial charge < -0.3 is 10.5 Å². The predicted molar refractivity (Wildman–Crippen MR) is 56.7 cm³/mol. The number of tetrazole rings is 1. The van der Waals surface area contributed by atoms with Gasteiger partial charge in [0.1, 0.15) is 17.9 Å². The third kappa shape index (κ3) is 1.70. The van der Waals surface area contributed by atoms with Gasteiger partial charge in [0.15, 0.2) is 0 Å². The lowest BCUT2D eigenvalue weighted by molar-refractivity contribution is 0.413. The van der Waals surface area contributed by atoms with Gasteiger partial charge in [-0.05, 0) is 28.6 Å². The zero-order chi connectivity index (χ0) is 11.5. The number of hydrogen-bond acceptors (Lipinski definition) is 5. The van der Waals surface area contributed by atoms with E-state index in [0.29, 0.717) is 11.3 Å². The van der Waals surface area contributed by atoms with Gasteiger partial charge in [0, 0.05) is 0 Å². The molecule has 0 aliphatic rings. The highest BCUT2D eigenvalue weighted by Gasteiger charge is 2.08. The average Bonchev–Trinajstić information content (AvgIpc) is 2.81. The molecule has 1 aromatic carbocycles. The topological polar surface area (TPSA) is 103 Å². The Balaban J connectivity index is 2.51. The van der Waals surface area contributed by atoms with Crippen LogP contribution in [0.5, 0.6) is 5.75 Å². The first-order valence-electron chi connectivity index (χ1n) is 4.48. The highest BCUT2D eigenvalue weighted by atomic mass is 16.5. The molecule has 0 aliphatic heterocycles. The molecule has 0 saturated heterocycles. The van der Waals surface area contributed by atoms with Crippen LogP contribution in [0.15, 0.2) is 24.5 Å². The maximum atomic E-state index is 7.44. The summed E-state index contributed by atoms with van der Waals surface area (Å²) < 4.78 is 6.58. The molecule has 0 amide bonds. The normalized spacial score (nSPS) is 10.1. The molecular weight excluding hydrogens is 208 g/mol. The van der Waals surface area contributed by atoms with Crippen LogP contribution < -0.4 is 10.5 Å². The number of hydrogen-bond donors (Lipinski definition) is 2. The van der Waals surface area contributed by atoms with Gasteiger partial charge in [0.2, 0.25) is 0 Å². The number of rotatable bonds is 3. The Morgan fingerprint density at radius 3 is 2.88 bits per heavy atom. The number of nitrogens with two attached hydrogens (primary N) is 1. The van der Waals surface area contributed by atoms with Gasteiger partial charge >= 0.3 is 0 Å². The van der Waals surface area contributed by atoms with E-state index < -0.39 is 0 Å². The molecule has 0 bridgehead atoms. The van der Waals surface area contributed by atoms with E-state index in [0.717, 1.165) is 5.69 Å². The molecule has 3 N–H and O–H groups in total. The highest BCUT2D eigenvalue weighted by Crippen LogP contribution is 2.20. The maximum absolute atomic E-state index is 7.44. The summed E-state index contributed by atoms with van der Waals surface area (Å²) in [7, 11) is 1.53. The quantitative estimate of drug-likeness (QED) is 0.555. The molecule has 82 valence electrons. The van der Waals surface area contributed by atoms with Crippen molar-refractivity contribution in [2.24, 2.45) is 5.73 Å². The van der Waals surface area contributed by atoms with Gasteiger partial charge in [-0.2, -0.15) is 0 Å². The lowest BCUT2D eigenvalue weighted by Gasteiger charge is -2.08. The molecule has 0 unspecified atom stereocenters. The molecule has 2 aromatic rings. The maximum Gasteiger partial charge on any atom is 0.143 e. The van der Waals surface area contributed by atoms with E-state index >= 15 is 0 Å². The fourth-order valence-corrected chi connectivity index (χ4v) is 1.33. The number of benzene rings is 1. The minimum absolute atomic E-state index is 0.0632. The Bertz CT molecular complexity index is 507. The van der Waals surface area contributed by atoms with Crippen LogP contribution >= 0.6 is 0 Å². The summed E-state index contributed by atoms with van der Waals surface area (Å²) in [5.74, 6) is 0.482. The molecular formula is C9H10N6O. The Labute approximate surface area is 91.3 Å². The van der Waals surface area contributed by atoms with Crippen LogP contribution in [0.25, 0.3) is 5.69 Å². The van der Waals surface area contributed by atoms with Gasteiger partial charge in [-0.3, -0.25) is 5.41 Å². The van der Waals surface area contributed by atoms with E-state index in [-0.39, 0.29) is 5.84 Å². The smallest absolute Gasteiger partial charge is 0.143 e. The van der Waals surface area contributed by atoms with E-state index in [1.54, 1.807) is 18.2 Å². The van der Waals surface area contributed by atoms with Crippen molar-refractivity contribution in [3.8, 4) is 11.4 Å². The Morgan fingerprint density at radius 2 is 2.31 bits per heavy atom. The van der Waals surface area contributed by atoms with Crippen LogP contribution in [0.4, 0.5) is 0 Å². The molecule has 0 spiro atoms. The van der Waals surface area contributed by atoms with E-state index in [1.807, 2.05) is 0 Å². The van der Waals surface area contributed by atoms with Crippen molar-refractivity contribution >= 4 is 5.84 Å². The van der Waals surface area contributed by atoms with E-state index in [9.17, 15) is 0 Å². The fraction of sp³-hybridized carbons (Fsp3) is 0.111. The fourth-order valence-electron chi connectivity index (χ4n) is 1.33. The van der Waals surface area contributed by atoms with Crippen molar-refractivity contribution in [1.29, 1.82) is 5.41 Å². The summed E-state index contributed by atoms with van der Waals surface area (Å²) in [6, 6.07) is 5.19. The third-order valence-electron chi connectivity index (χ3n) is 2.09. The zero-order valence-electron chi connectivity index (χ0n) is 8.58. The molecule has 7 nitrogen and oxygen atoms in total. The molecule has 1 aromatic heterocycles. The Hall–Kier alpha value is -2.44. The van der Waals surface area contributed by atoms with E-state index in [1.165, 1.54) is 18.1 Å². The summed E-state index contributed by atoms with van der Waals surface area (Å²) in [6.07, 6.45) is 1.46. The van der Waals surface area contributed by atoms with Crippen LogP contribution in [-0.4, -0.2) is 33.2 Å². The summed E-state index contributed by atoms with van der Waals surface area (Å²) in [6.45, 7) is 0. The van der Waals surface area contributed by atoms with Crippen molar-refractivity contribution in [3.05, 3.63) is 30.1 Å². The lowest BCUT2D eigenvalue weighted by atomic mass is 10.1. The predicted octanol–water partition coefficient (Wildman–Crippen LogP) is -0.0450. The van der Waals surface area contributed by atoms with Crippen molar-refractivity contribution in [2.45, 2.75) is 0 Å². The first-order chi connectivity index (χ1) is 7.72. The molecule has 1 heterocycles. The number of aromatic nitrogens is 4. The zero-order valence-corrected chi connectivity index (χ0v) is 8.58. The minimum Gasteiger partial charge on any atom is -0.496 e. The summed E-state index contributed by atoms with van der Waals surface area (Å²) in [4.78, 5) is 0. The first-order valence-corrected chi connectivity index (χ1v) is 4.48. The second-order valence-electron chi connectivity index (χ2n) is 3.05. The van der Waals surface area contributed by atoms with Crippen molar-refractivity contribution in [1.82, 2.24) is 20.2 Å². The molecule has 2 rings (SSSR count). The molecule has 16 heavy (non-hydrogen) atoms. The monoisotopic (exact) mass is 218 g/mol. The largest absolute Gasteiger partial charge is 0.496 e. The summed E-state index contributed by atoms with van der Waals surface area (Å²) in [5, 5.41) is 18.2. The molecule has 0 aliphatic carbocycles. The molecule has 0 radical (unpaired) electrons. The van der Waals surface area contributed by atoms with Crippen molar-refractivity contribution in [3.63, 3.8) is 0 Å². The summed E-state index contributed by atoms with van der Waals surface area (Å²) in [5.41, 5.74) is 6.68. The number of amidine groups is 1. The van der Waals surface area contributed by atoms with Crippen molar-refractivity contribution < 1.29 is 4.74 Å². The number of ether oxygens (including phenoxy) is 1. The Kier molecular flexibility index (Phi) is 2.50. The molecule has 0 saturated carbocycles. The van der Waals surface area contributed by atoms with Gasteiger partial charge in [0.05, 0.1) is 18.4 Å². The first kappa shape index (κ1) is 10.1. The van der Waals surface area contributed by atoms with Crippen LogP contribution in [-0.2, 0) is 0 Å². The second-order valence-corrected chi connectivity index (χ2v) is 3.05. The van der Waals surface area contributed by atoms with Crippen LogP contribution in [0.2, 0.25) is 0 Å². The lowest BCUT2D eigenvalue weighted by Crippen LogP contribution is -2.13. The van der Waals surface area contributed by atoms with Crippen LogP contribution in [0, 0.1) is 5.41 Å². The highest BCUT2D eigenvalue weighted by molar-refractivity contribution is 5.98. The van der Waals surface area contributed by atoms with Gasteiger partial charge in [-0.25, -0.2) is 4.68 Å².